The summed E-state index contributed by atoms with van der Waals surface area (Å²) in [4.78, 5) is 0.257. The second-order valence-corrected chi connectivity index (χ2v) is 8.17. The Morgan fingerprint density at radius 2 is 2.15 bits per heavy atom. The maximum Gasteiger partial charge on any atom is 0.240 e. The zero-order chi connectivity index (χ0) is 14.8. The first-order chi connectivity index (χ1) is 9.42. The van der Waals surface area contributed by atoms with Gasteiger partial charge in [-0.2, -0.15) is 17.0 Å². The van der Waals surface area contributed by atoms with Gasteiger partial charge in [-0.05, 0) is 49.8 Å². The Morgan fingerprint density at radius 3 is 2.60 bits per heavy atom. The normalized spacial score (nSPS) is 17.2. The summed E-state index contributed by atoms with van der Waals surface area (Å²) in [6.45, 7) is 2.18. The van der Waals surface area contributed by atoms with E-state index in [9.17, 15) is 8.42 Å². The molecule has 4 nitrogen and oxygen atoms in total. The number of hydrogen-bond donors (Lipinski definition) is 1. The maximum atomic E-state index is 12.4. The minimum atomic E-state index is -3.51. The van der Waals surface area contributed by atoms with E-state index in [0.29, 0.717) is 17.7 Å². The summed E-state index contributed by atoms with van der Waals surface area (Å²) in [6, 6.07) is 6.65. The molecule has 1 aliphatic carbocycles. The summed E-state index contributed by atoms with van der Waals surface area (Å²) in [5.41, 5.74) is 1.07. The lowest BCUT2D eigenvalue weighted by Crippen LogP contribution is -2.45. The summed E-state index contributed by atoms with van der Waals surface area (Å²) in [7, 11) is -3.51. The van der Waals surface area contributed by atoms with Crippen LogP contribution < -0.4 is 4.72 Å². The Labute approximate surface area is 124 Å². The van der Waals surface area contributed by atoms with Crippen molar-refractivity contribution in [2.45, 2.75) is 35.8 Å². The fourth-order valence-electron chi connectivity index (χ4n) is 2.35. The highest BCUT2D eigenvalue weighted by Crippen LogP contribution is 2.42. The summed E-state index contributed by atoms with van der Waals surface area (Å²) in [5, 5.41) is 8.82. The van der Waals surface area contributed by atoms with Crippen LogP contribution in [-0.4, -0.2) is 26.0 Å². The summed E-state index contributed by atoms with van der Waals surface area (Å²) >= 11 is 1.74. The highest BCUT2D eigenvalue weighted by molar-refractivity contribution is 8.00. The summed E-state index contributed by atoms with van der Waals surface area (Å²) < 4.78 is 27.5. The SMILES string of the molecule is CSC1(CNS(=O)(=O)c2ccc(C#N)cc2C)CCC1. The fraction of sp³-hybridized carbons (Fsp3) is 0.500. The number of nitriles is 1. The van der Waals surface area contributed by atoms with Gasteiger partial charge in [-0.25, -0.2) is 13.1 Å². The molecule has 0 radical (unpaired) electrons. The molecule has 0 aromatic heterocycles. The molecule has 1 aliphatic rings. The monoisotopic (exact) mass is 310 g/mol. The van der Waals surface area contributed by atoms with Crippen LogP contribution in [0.4, 0.5) is 0 Å². The first-order valence-corrected chi connectivity index (χ1v) is 9.19. The quantitative estimate of drug-likeness (QED) is 0.907. The molecule has 0 aliphatic heterocycles. The van der Waals surface area contributed by atoms with Gasteiger partial charge in [0, 0.05) is 11.3 Å². The highest BCUT2D eigenvalue weighted by atomic mass is 32.2. The van der Waals surface area contributed by atoms with Crippen molar-refractivity contribution < 1.29 is 8.42 Å². The van der Waals surface area contributed by atoms with E-state index >= 15 is 0 Å². The predicted octanol–water partition coefficient (Wildman–Crippen LogP) is 2.43. The van der Waals surface area contributed by atoms with Crippen molar-refractivity contribution in [1.82, 2.24) is 4.72 Å². The van der Waals surface area contributed by atoms with Gasteiger partial charge in [-0.3, -0.25) is 0 Å². The zero-order valence-electron chi connectivity index (χ0n) is 11.6. The van der Waals surface area contributed by atoms with Crippen LogP contribution in [0.2, 0.25) is 0 Å². The third-order valence-electron chi connectivity index (χ3n) is 3.88. The van der Waals surface area contributed by atoms with Crippen molar-refractivity contribution in [2.24, 2.45) is 0 Å². The van der Waals surface area contributed by atoms with E-state index < -0.39 is 10.0 Å². The van der Waals surface area contributed by atoms with Crippen LogP contribution in [0.25, 0.3) is 0 Å². The number of sulfonamides is 1. The number of nitrogens with zero attached hydrogens (tertiary/aromatic N) is 1. The molecule has 0 saturated heterocycles. The lowest BCUT2D eigenvalue weighted by Gasteiger charge is -2.40. The lowest BCUT2D eigenvalue weighted by molar-refractivity contribution is 0.362. The predicted molar refractivity (Wildman–Crippen MR) is 81.2 cm³/mol. The minimum absolute atomic E-state index is 0.0631. The van der Waals surface area contributed by atoms with Gasteiger partial charge in [-0.1, -0.05) is 6.42 Å². The van der Waals surface area contributed by atoms with Gasteiger partial charge >= 0.3 is 0 Å². The van der Waals surface area contributed by atoms with Crippen molar-refractivity contribution in [3.8, 4) is 6.07 Å². The molecule has 108 valence electrons. The number of nitrogens with one attached hydrogen (secondary N) is 1. The summed E-state index contributed by atoms with van der Waals surface area (Å²) in [6.07, 6.45) is 5.31. The Kier molecular flexibility index (Phi) is 4.43. The zero-order valence-corrected chi connectivity index (χ0v) is 13.3. The summed E-state index contributed by atoms with van der Waals surface area (Å²) in [5.74, 6) is 0. The number of hydrogen-bond acceptors (Lipinski definition) is 4. The number of benzene rings is 1. The number of rotatable bonds is 5. The molecule has 2 rings (SSSR count). The average molecular weight is 310 g/mol. The van der Waals surface area contributed by atoms with Crippen molar-refractivity contribution >= 4 is 21.8 Å². The molecular formula is C14H18N2O2S2. The van der Waals surface area contributed by atoms with Crippen LogP contribution in [0.15, 0.2) is 23.1 Å². The van der Waals surface area contributed by atoms with Gasteiger partial charge in [0.1, 0.15) is 0 Å². The first kappa shape index (κ1) is 15.4. The van der Waals surface area contributed by atoms with E-state index in [1.54, 1.807) is 24.8 Å². The van der Waals surface area contributed by atoms with Gasteiger partial charge in [0.2, 0.25) is 10.0 Å². The third kappa shape index (κ3) is 3.00. The van der Waals surface area contributed by atoms with Crippen molar-refractivity contribution in [3.05, 3.63) is 29.3 Å². The minimum Gasteiger partial charge on any atom is -0.210 e. The van der Waals surface area contributed by atoms with Crippen LogP contribution in [-0.2, 0) is 10.0 Å². The first-order valence-electron chi connectivity index (χ1n) is 6.48. The molecule has 20 heavy (non-hydrogen) atoms. The lowest BCUT2D eigenvalue weighted by atomic mass is 9.84. The highest BCUT2D eigenvalue weighted by Gasteiger charge is 2.37. The van der Waals surface area contributed by atoms with E-state index in [0.717, 1.165) is 12.8 Å². The van der Waals surface area contributed by atoms with Gasteiger partial charge in [0.05, 0.1) is 16.5 Å². The van der Waals surface area contributed by atoms with Crippen molar-refractivity contribution in [3.63, 3.8) is 0 Å². The molecule has 1 fully saturated rings. The molecule has 1 saturated carbocycles. The van der Waals surface area contributed by atoms with Crippen LogP contribution in [0.3, 0.4) is 0 Å². The standard InChI is InChI=1S/C14H18N2O2S2/c1-11-8-12(9-15)4-5-13(11)20(17,18)16-10-14(19-2)6-3-7-14/h4-5,8,16H,3,6-7,10H2,1-2H3. The van der Waals surface area contributed by atoms with Gasteiger partial charge in [0.25, 0.3) is 0 Å². The van der Waals surface area contributed by atoms with E-state index in [4.69, 9.17) is 5.26 Å². The Bertz CT molecular complexity index is 638. The van der Waals surface area contributed by atoms with Crippen LogP contribution in [0, 0.1) is 18.3 Å². The average Bonchev–Trinajstić information content (AvgIpc) is 2.37. The van der Waals surface area contributed by atoms with Gasteiger partial charge in [0.15, 0.2) is 0 Å². The molecule has 0 unspecified atom stereocenters. The molecule has 0 heterocycles. The molecule has 0 spiro atoms. The smallest absolute Gasteiger partial charge is 0.210 e. The van der Waals surface area contributed by atoms with Crippen LogP contribution in [0.5, 0.6) is 0 Å². The van der Waals surface area contributed by atoms with Crippen LogP contribution in [0.1, 0.15) is 30.4 Å². The largest absolute Gasteiger partial charge is 0.240 e. The van der Waals surface area contributed by atoms with Crippen LogP contribution >= 0.6 is 11.8 Å². The molecule has 6 heteroatoms. The van der Waals surface area contributed by atoms with Gasteiger partial charge < -0.3 is 0 Å². The van der Waals surface area contributed by atoms with Crippen molar-refractivity contribution in [1.29, 1.82) is 5.26 Å². The molecular weight excluding hydrogens is 292 g/mol. The van der Waals surface area contributed by atoms with E-state index in [2.05, 4.69) is 4.72 Å². The topological polar surface area (TPSA) is 70.0 Å². The Balaban J connectivity index is 2.17. The molecule has 1 aromatic carbocycles. The Morgan fingerprint density at radius 1 is 1.45 bits per heavy atom. The van der Waals surface area contributed by atoms with E-state index in [1.807, 2.05) is 12.3 Å². The van der Waals surface area contributed by atoms with E-state index in [-0.39, 0.29) is 9.64 Å². The maximum absolute atomic E-state index is 12.4. The molecule has 0 atom stereocenters. The number of aryl methyl sites for hydroxylation is 1. The van der Waals surface area contributed by atoms with Crippen molar-refractivity contribution in [2.75, 3.05) is 12.8 Å². The second-order valence-electron chi connectivity index (χ2n) is 5.16. The molecule has 0 bridgehead atoms. The Hall–Kier alpha value is -1.03. The van der Waals surface area contributed by atoms with E-state index in [1.165, 1.54) is 18.6 Å². The molecule has 0 amide bonds. The third-order valence-corrected chi connectivity index (χ3v) is 6.86. The second kappa shape index (κ2) is 5.76. The molecule has 1 aromatic rings. The number of thioether (sulfide) groups is 1. The van der Waals surface area contributed by atoms with Gasteiger partial charge in [-0.15, -0.1) is 0 Å². The molecule has 1 N–H and O–H groups in total. The fourth-order valence-corrected chi connectivity index (χ4v) is 4.71.